The normalized spacial score (nSPS) is 15.1. The third-order valence-electron chi connectivity index (χ3n) is 4.90. The van der Waals surface area contributed by atoms with Gasteiger partial charge in [0.25, 0.3) is 0 Å². The van der Waals surface area contributed by atoms with E-state index in [2.05, 4.69) is 65.0 Å². The van der Waals surface area contributed by atoms with Gasteiger partial charge >= 0.3 is 0 Å². The minimum atomic E-state index is 0. The molecule has 4 rings (SSSR count). The molecule has 0 atom stereocenters. The van der Waals surface area contributed by atoms with E-state index in [-0.39, 0.29) is 12.4 Å². The second-order valence-electron chi connectivity index (χ2n) is 6.77. The highest BCUT2D eigenvalue weighted by Gasteiger charge is 2.14. The second-order valence-corrected chi connectivity index (χ2v) is 6.77. The van der Waals surface area contributed by atoms with Crippen LogP contribution in [-0.4, -0.2) is 47.5 Å². The van der Waals surface area contributed by atoms with Crippen LogP contribution >= 0.6 is 12.4 Å². The predicted molar refractivity (Wildman–Crippen MR) is 109 cm³/mol. The summed E-state index contributed by atoms with van der Waals surface area (Å²) >= 11 is 0. The van der Waals surface area contributed by atoms with E-state index in [0.29, 0.717) is 0 Å². The van der Waals surface area contributed by atoms with Crippen LogP contribution in [0, 0.1) is 6.92 Å². The lowest BCUT2D eigenvalue weighted by atomic mass is 10.1. The lowest BCUT2D eigenvalue weighted by Gasteiger charge is -2.26. The molecule has 2 aromatic carbocycles. The SMILES string of the molecule is Cc1ccc2c(c1)c(-c1ccccc1)nn2CCCN1CCOCC1.Cl. The zero-order chi connectivity index (χ0) is 17.1. The summed E-state index contributed by atoms with van der Waals surface area (Å²) in [4.78, 5) is 2.48. The largest absolute Gasteiger partial charge is 0.379 e. The number of rotatable bonds is 5. The third-order valence-corrected chi connectivity index (χ3v) is 4.90. The Balaban J connectivity index is 0.00000196. The zero-order valence-corrected chi connectivity index (χ0v) is 16.0. The Bertz CT molecular complexity index is 841. The van der Waals surface area contributed by atoms with Crippen molar-refractivity contribution in [3.05, 3.63) is 54.1 Å². The Morgan fingerprint density at radius 3 is 2.54 bits per heavy atom. The topological polar surface area (TPSA) is 30.3 Å². The Morgan fingerprint density at radius 2 is 1.77 bits per heavy atom. The molecule has 1 saturated heterocycles. The smallest absolute Gasteiger partial charge is 0.100 e. The van der Waals surface area contributed by atoms with Crippen LogP contribution < -0.4 is 0 Å². The van der Waals surface area contributed by atoms with E-state index in [0.717, 1.165) is 51.5 Å². The van der Waals surface area contributed by atoms with E-state index in [1.807, 2.05) is 0 Å². The van der Waals surface area contributed by atoms with Crippen LogP contribution in [0.2, 0.25) is 0 Å². The van der Waals surface area contributed by atoms with Crippen molar-refractivity contribution in [1.29, 1.82) is 0 Å². The number of hydrogen-bond donors (Lipinski definition) is 0. The van der Waals surface area contributed by atoms with Gasteiger partial charge in [0, 0.05) is 37.1 Å². The summed E-state index contributed by atoms with van der Waals surface area (Å²) in [6.45, 7) is 8.03. The maximum atomic E-state index is 5.43. The van der Waals surface area contributed by atoms with Crippen molar-refractivity contribution in [2.75, 3.05) is 32.8 Å². The van der Waals surface area contributed by atoms with Gasteiger partial charge in [-0.3, -0.25) is 9.58 Å². The van der Waals surface area contributed by atoms with Crippen molar-refractivity contribution < 1.29 is 4.74 Å². The van der Waals surface area contributed by atoms with Crippen molar-refractivity contribution in [2.24, 2.45) is 0 Å². The fraction of sp³-hybridized carbons (Fsp3) is 0.381. The van der Waals surface area contributed by atoms with E-state index >= 15 is 0 Å². The molecule has 1 aliphatic rings. The molecule has 138 valence electrons. The molecule has 0 N–H and O–H groups in total. The van der Waals surface area contributed by atoms with Crippen molar-refractivity contribution in [3.63, 3.8) is 0 Å². The zero-order valence-electron chi connectivity index (χ0n) is 15.2. The molecular formula is C21H26ClN3O. The molecule has 0 saturated carbocycles. The number of aromatic nitrogens is 2. The fourth-order valence-corrected chi connectivity index (χ4v) is 3.54. The lowest BCUT2D eigenvalue weighted by molar-refractivity contribution is 0.0368. The van der Waals surface area contributed by atoms with Gasteiger partial charge in [0.1, 0.15) is 5.69 Å². The Labute approximate surface area is 161 Å². The van der Waals surface area contributed by atoms with Crippen molar-refractivity contribution in [3.8, 4) is 11.3 Å². The molecule has 0 spiro atoms. The fourth-order valence-electron chi connectivity index (χ4n) is 3.54. The van der Waals surface area contributed by atoms with Gasteiger partial charge in [0.2, 0.25) is 0 Å². The molecule has 4 nitrogen and oxygen atoms in total. The number of hydrogen-bond acceptors (Lipinski definition) is 3. The van der Waals surface area contributed by atoms with Gasteiger partial charge in [-0.25, -0.2) is 0 Å². The van der Waals surface area contributed by atoms with Gasteiger partial charge in [-0.05, 0) is 25.5 Å². The monoisotopic (exact) mass is 371 g/mol. The van der Waals surface area contributed by atoms with Crippen LogP contribution in [0.25, 0.3) is 22.2 Å². The number of fused-ring (bicyclic) bond motifs is 1. The van der Waals surface area contributed by atoms with E-state index in [1.54, 1.807) is 0 Å². The molecular weight excluding hydrogens is 346 g/mol. The first-order valence-electron chi connectivity index (χ1n) is 9.14. The first-order chi connectivity index (χ1) is 12.3. The van der Waals surface area contributed by atoms with Crippen LogP contribution in [0.4, 0.5) is 0 Å². The minimum absolute atomic E-state index is 0. The molecule has 0 bridgehead atoms. The van der Waals surface area contributed by atoms with Crippen molar-refractivity contribution >= 4 is 23.3 Å². The molecule has 0 unspecified atom stereocenters. The summed E-state index contributed by atoms with van der Waals surface area (Å²) in [6, 6.07) is 17.1. The highest BCUT2D eigenvalue weighted by Crippen LogP contribution is 2.28. The standard InChI is InChI=1S/C21H25N3O.ClH/c1-17-8-9-20-19(16-17)21(18-6-3-2-4-7-18)22-24(20)11-5-10-23-12-14-25-15-13-23;/h2-4,6-9,16H,5,10-15H2,1H3;1H. The van der Waals surface area contributed by atoms with E-state index in [4.69, 9.17) is 9.84 Å². The Morgan fingerprint density at radius 1 is 1.00 bits per heavy atom. The number of nitrogens with zero attached hydrogens (tertiary/aromatic N) is 3. The summed E-state index contributed by atoms with van der Waals surface area (Å²) in [6.07, 6.45) is 1.11. The van der Waals surface area contributed by atoms with Gasteiger partial charge in [-0.15, -0.1) is 12.4 Å². The first-order valence-corrected chi connectivity index (χ1v) is 9.14. The van der Waals surface area contributed by atoms with Gasteiger partial charge in [0.05, 0.1) is 18.7 Å². The van der Waals surface area contributed by atoms with Crippen molar-refractivity contribution in [2.45, 2.75) is 19.9 Å². The summed E-state index contributed by atoms with van der Waals surface area (Å²) in [5.41, 5.74) is 4.78. The predicted octanol–water partition coefficient (Wildman–Crippen LogP) is 4.16. The minimum Gasteiger partial charge on any atom is -0.379 e. The summed E-state index contributed by atoms with van der Waals surface area (Å²) in [7, 11) is 0. The molecule has 2 heterocycles. The Hall–Kier alpha value is -1.88. The molecule has 0 amide bonds. The molecule has 26 heavy (non-hydrogen) atoms. The van der Waals surface area contributed by atoms with Crippen LogP contribution in [-0.2, 0) is 11.3 Å². The maximum Gasteiger partial charge on any atom is 0.100 e. The summed E-state index contributed by atoms with van der Waals surface area (Å²) in [5, 5.41) is 6.20. The highest BCUT2D eigenvalue weighted by molar-refractivity contribution is 5.93. The highest BCUT2D eigenvalue weighted by atomic mass is 35.5. The average Bonchev–Trinajstić information content (AvgIpc) is 3.01. The van der Waals surface area contributed by atoms with E-state index < -0.39 is 0 Å². The van der Waals surface area contributed by atoms with Crippen LogP contribution in [0.15, 0.2) is 48.5 Å². The molecule has 3 aromatic rings. The number of ether oxygens (including phenoxy) is 1. The summed E-state index contributed by atoms with van der Waals surface area (Å²) in [5.74, 6) is 0. The molecule has 5 heteroatoms. The first kappa shape index (κ1) is 18.9. The quantitative estimate of drug-likeness (QED) is 0.674. The van der Waals surface area contributed by atoms with Crippen LogP contribution in [0.5, 0.6) is 0 Å². The van der Waals surface area contributed by atoms with E-state index in [1.165, 1.54) is 22.0 Å². The number of aryl methyl sites for hydroxylation is 2. The van der Waals surface area contributed by atoms with Crippen LogP contribution in [0.1, 0.15) is 12.0 Å². The molecule has 1 aromatic heterocycles. The molecule has 1 fully saturated rings. The second kappa shape index (κ2) is 8.67. The van der Waals surface area contributed by atoms with E-state index in [9.17, 15) is 0 Å². The van der Waals surface area contributed by atoms with Gasteiger partial charge in [-0.2, -0.15) is 5.10 Å². The molecule has 0 radical (unpaired) electrons. The number of morpholine rings is 1. The number of benzene rings is 2. The maximum absolute atomic E-state index is 5.43. The summed E-state index contributed by atoms with van der Waals surface area (Å²) < 4.78 is 7.60. The van der Waals surface area contributed by atoms with Gasteiger partial charge < -0.3 is 4.74 Å². The Kier molecular flexibility index (Phi) is 6.30. The third kappa shape index (κ3) is 4.09. The molecule has 0 aliphatic carbocycles. The van der Waals surface area contributed by atoms with Gasteiger partial charge in [0.15, 0.2) is 0 Å². The van der Waals surface area contributed by atoms with Gasteiger partial charge in [-0.1, -0.05) is 42.0 Å². The lowest BCUT2D eigenvalue weighted by Crippen LogP contribution is -2.37. The number of halogens is 1. The molecule has 1 aliphatic heterocycles. The average molecular weight is 372 g/mol. The van der Waals surface area contributed by atoms with Crippen LogP contribution in [0.3, 0.4) is 0 Å². The van der Waals surface area contributed by atoms with Crippen molar-refractivity contribution in [1.82, 2.24) is 14.7 Å².